The van der Waals surface area contributed by atoms with E-state index in [9.17, 15) is 4.79 Å². The molecule has 0 unspecified atom stereocenters. The first kappa shape index (κ1) is 11.7. The van der Waals surface area contributed by atoms with E-state index in [0.29, 0.717) is 13.0 Å². The predicted octanol–water partition coefficient (Wildman–Crippen LogP) is 2.20. The van der Waals surface area contributed by atoms with Crippen molar-refractivity contribution < 1.29 is 4.79 Å². The normalized spacial score (nSPS) is 10.9. The molecule has 0 aliphatic carbocycles. The van der Waals surface area contributed by atoms with E-state index >= 15 is 0 Å². The molecule has 13 heavy (non-hydrogen) atoms. The van der Waals surface area contributed by atoms with Crippen molar-refractivity contribution in [3.8, 4) is 0 Å². The van der Waals surface area contributed by atoms with E-state index in [4.69, 9.17) is 0 Å². The molecule has 0 atom stereocenters. The van der Waals surface area contributed by atoms with Crippen LogP contribution in [0, 0.1) is 0 Å². The molecule has 0 aliphatic heterocycles. The second-order valence-electron chi connectivity index (χ2n) is 2.67. The molecule has 0 aliphatic rings. The zero-order valence-corrected chi connectivity index (χ0v) is 8.34. The Morgan fingerprint density at radius 1 is 1.46 bits per heavy atom. The number of allylic oxidation sites excluding steroid dienone is 3. The van der Waals surface area contributed by atoms with Gasteiger partial charge in [0.25, 0.3) is 0 Å². The van der Waals surface area contributed by atoms with Crippen LogP contribution in [0.25, 0.3) is 0 Å². The molecule has 0 heterocycles. The highest BCUT2D eigenvalue weighted by Crippen LogP contribution is 1.91. The van der Waals surface area contributed by atoms with E-state index in [1.807, 2.05) is 38.2 Å². The topological polar surface area (TPSA) is 29.1 Å². The maximum Gasteiger partial charge on any atom is 0.219 e. The standard InChI is InChI=1S/C11H17NO/c1-4-6-7-8-10(3)9-12-11(13)5-2/h4,6-8H,3,5,9H2,1-2H3,(H,12,13)/b6-4-,8-7-. The van der Waals surface area contributed by atoms with Crippen LogP contribution in [0.3, 0.4) is 0 Å². The van der Waals surface area contributed by atoms with Gasteiger partial charge < -0.3 is 5.32 Å². The Balaban J connectivity index is 3.69. The number of amides is 1. The molecule has 0 spiro atoms. The van der Waals surface area contributed by atoms with Crippen LogP contribution < -0.4 is 5.32 Å². The number of hydrogen-bond acceptors (Lipinski definition) is 1. The number of carbonyl (C=O) groups is 1. The minimum atomic E-state index is 0.0561. The molecule has 0 saturated heterocycles. The van der Waals surface area contributed by atoms with Gasteiger partial charge in [-0.05, 0) is 12.5 Å². The Morgan fingerprint density at radius 2 is 2.15 bits per heavy atom. The summed E-state index contributed by atoms with van der Waals surface area (Å²) in [4.78, 5) is 10.9. The van der Waals surface area contributed by atoms with E-state index in [1.54, 1.807) is 0 Å². The molecule has 0 radical (unpaired) electrons. The summed E-state index contributed by atoms with van der Waals surface area (Å²) in [5, 5.41) is 2.75. The molecule has 72 valence electrons. The molecule has 0 aromatic carbocycles. The summed E-state index contributed by atoms with van der Waals surface area (Å²) in [6.45, 7) is 8.10. The molecule has 0 rings (SSSR count). The van der Waals surface area contributed by atoms with Crippen LogP contribution in [0.1, 0.15) is 20.3 Å². The van der Waals surface area contributed by atoms with Crippen LogP contribution in [0.15, 0.2) is 36.5 Å². The Morgan fingerprint density at radius 3 is 2.69 bits per heavy atom. The van der Waals surface area contributed by atoms with Crippen molar-refractivity contribution in [1.82, 2.24) is 5.32 Å². The highest BCUT2D eigenvalue weighted by molar-refractivity contribution is 5.75. The van der Waals surface area contributed by atoms with Gasteiger partial charge in [-0.25, -0.2) is 0 Å². The summed E-state index contributed by atoms with van der Waals surface area (Å²) < 4.78 is 0. The Hall–Kier alpha value is -1.31. The zero-order chi connectivity index (χ0) is 10.1. The quantitative estimate of drug-likeness (QED) is 0.644. The number of nitrogens with one attached hydrogen (secondary N) is 1. The fourth-order valence-corrected chi connectivity index (χ4v) is 0.699. The monoisotopic (exact) mass is 179 g/mol. The molecule has 0 aromatic rings. The van der Waals surface area contributed by atoms with E-state index < -0.39 is 0 Å². The van der Waals surface area contributed by atoms with Gasteiger partial charge in [-0.3, -0.25) is 4.79 Å². The Labute approximate surface area is 80.0 Å². The summed E-state index contributed by atoms with van der Waals surface area (Å²) in [6.07, 6.45) is 8.17. The minimum Gasteiger partial charge on any atom is -0.352 e. The first-order valence-electron chi connectivity index (χ1n) is 4.44. The molecular formula is C11H17NO. The van der Waals surface area contributed by atoms with Crippen molar-refractivity contribution in [2.45, 2.75) is 20.3 Å². The first-order chi connectivity index (χ1) is 6.20. The van der Waals surface area contributed by atoms with Crippen LogP contribution in [0.2, 0.25) is 0 Å². The zero-order valence-electron chi connectivity index (χ0n) is 8.34. The summed E-state index contributed by atoms with van der Waals surface area (Å²) in [7, 11) is 0. The van der Waals surface area contributed by atoms with Crippen molar-refractivity contribution >= 4 is 5.91 Å². The Bertz CT molecular complexity index is 226. The third-order valence-electron chi connectivity index (χ3n) is 1.47. The molecule has 0 fully saturated rings. The van der Waals surface area contributed by atoms with Crippen LogP contribution >= 0.6 is 0 Å². The lowest BCUT2D eigenvalue weighted by molar-refractivity contribution is -0.120. The molecule has 0 aromatic heterocycles. The van der Waals surface area contributed by atoms with E-state index in [-0.39, 0.29) is 5.91 Å². The van der Waals surface area contributed by atoms with Crippen LogP contribution in [0.5, 0.6) is 0 Å². The smallest absolute Gasteiger partial charge is 0.219 e. The molecule has 0 bridgehead atoms. The van der Waals surface area contributed by atoms with Gasteiger partial charge in [0, 0.05) is 13.0 Å². The summed E-state index contributed by atoms with van der Waals surface area (Å²) in [6, 6.07) is 0. The van der Waals surface area contributed by atoms with Crippen molar-refractivity contribution in [1.29, 1.82) is 0 Å². The van der Waals surface area contributed by atoms with Gasteiger partial charge in [0.15, 0.2) is 0 Å². The van der Waals surface area contributed by atoms with E-state index in [1.165, 1.54) is 0 Å². The summed E-state index contributed by atoms with van der Waals surface area (Å²) in [5.41, 5.74) is 0.903. The van der Waals surface area contributed by atoms with Gasteiger partial charge in [0.1, 0.15) is 0 Å². The number of carbonyl (C=O) groups excluding carboxylic acids is 1. The number of rotatable bonds is 5. The SMILES string of the molecule is C=C(/C=C\C=C/C)CNC(=O)CC. The fraction of sp³-hybridized carbons (Fsp3) is 0.364. The minimum absolute atomic E-state index is 0.0561. The van der Waals surface area contributed by atoms with Gasteiger partial charge in [-0.15, -0.1) is 0 Å². The first-order valence-corrected chi connectivity index (χ1v) is 4.44. The van der Waals surface area contributed by atoms with E-state index in [2.05, 4.69) is 11.9 Å². The second-order valence-corrected chi connectivity index (χ2v) is 2.67. The van der Waals surface area contributed by atoms with Crippen molar-refractivity contribution in [2.24, 2.45) is 0 Å². The van der Waals surface area contributed by atoms with Crippen molar-refractivity contribution in [3.05, 3.63) is 36.5 Å². The molecule has 2 nitrogen and oxygen atoms in total. The summed E-state index contributed by atoms with van der Waals surface area (Å²) in [5.74, 6) is 0.0561. The molecule has 1 N–H and O–H groups in total. The lowest BCUT2D eigenvalue weighted by atomic mass is 10.2. The highest BCUT2D eigenvalue weighted by Gasteiger charge is 1.94. The maximum absolute atomic E-state index is 10.9. The van der Waals surface area contributed by atoms with Gasteiger partial charge in [0.2, 0.25) is 5.91 Å². The average molecular weight is 179 g/mol. The third kappa shape index (κ3) is 7.06. The van der Waals surface area contributed by atoms with Crippen LogP contribution in [-0.2, 0) is 4.79 Å². The van der Waals surface area contributed by atoms with Gasteiger partial charge in [0.05, 0.1) is 0 Å². The average Bonchev–Trinajstić information content (AvgIpc) is 2.14. The fourth-order valence-electron chi connectivity index (χ4n) is 0.699. The molecule has 2 heteroatoms. The number of hydrogen-bond donors (Lipinski definition) is 1. The summed E-state index contributed by atoms with van der Waals surface area (Å²) >= 11 is 0. The van der Waals surface area contributed by atoms with Crippen LogP contribution in [-0.4, -0.2) is 12.5 Å². The largest absolute Gasteiger partial charge is 0.352 e. The van der Waals surface area contributed by atoms with Gasteiger partial charge in [-0.1, -0.05) is 37.8 Å². The van der Waals surface area contributed by atoms with Gasteiger partial charge >= 0.3 is 0 Å². The van der Waals surface area contributed by atoms with Crippen molar-refractivity contribution in [3.63, 3.8) is 0 Å². The molecule has 0 saturated carbocycles. The highest BCUT2D eigenvalue weighted by atomic mass is 16.1. The third-order valence-corrected chi connectivity index (χ3v) is 1.47. The van der Waals surface area contributed by atoms with Gasteiger partial charge in [-0.2, -0.15) is 0 Å². The van der Waals surface area contributed by atoms with Crippen molar-refractivity contribution in [2.75, 3.05) is 6.54 Å². The lowest BCUT2D eigenvalue weighted by Gasteiger charge is -2.01. The second kappa shape index (κ2) is 7.35. The molecular weight excluding hydrogens is 162 g/mol. The van der Waals surface area contributed by atoms with Crippen LogP contribution in [0.4, 0.5) is 0 Å². The maximum atomic E-state index is 10.9. The lowest BCUT2D eigenvalue weighted by Crippen LogP contribution is -2.23. The predicted molar refractivity (Wildman–Crippen MR) is 56.4 cm³/mol. The van der Waals surface area contributed by atoms with E-state index in [0.717, 1.165) is 5.57 Å². The molecule has 1 amide bonds. The Kier molecular flexibility index (Phi) is 6.60.